The van der Waals surface area contributed by atoms with Crippen LogP contribution in [0.5, 0.6) is 0 Å². The Hall–Kier alpha value is -2.15. The van der Waals surface area contributed by atoms with E-state index in [0.717, 1.165) is 32.2 Å². The van der Waals surface area contributed by atoms with Crippen LogP contribution in [0.1, 0.15) is 25.7 Å². The molecule has 2 aliphatic rings. The van der Waals surface area contributed by atoms with E-state index in [0.29, 0.717) is 25.3 Å². The highest BCUT2D eigenvalue weighted by Crippen LogP contribution is 2.18. The fourth-order valence-electron chi connectivity index (χ4n) is 3.46. The quantitative estimate of drug-likeness (QED) is 0.779. The molecule has 25 heavy (non-hydrogen) atoms. The predicted octanol–water partition coefficient (Wildman–Crippen LogP) is 1.94. The molecule has 0 aliphatic carbocycles. The Balaban J connectivity index is 1.47. The smallest absolute Gasteiger partial charge is 0.321 e. The number of carbonyl (C=O) groups excluding carboxylic acids is 2. The van der Waals surface area contributed by atoms with Gasteiger partial charge in [0.1, 0.15) is 5.82 Å². The number of benzene rings is 1. The van der Waals surface area contributed by atoms with Crippen molar-refractivity contribution in [3.05, 3.63) is 30.1 Å². The summed E-state index contributed by atoms with van der Waals surface area (Å²) in [6, 6.07) is 5.58. The molecule has 0 saturated carbocycles. The maximum Gasteiger partial charge on any atom is 0.321 e. The number of anilines is 1. The SMILES string of the molecule is O=C(NCC1CCCN(C(=O)Nc2cccc(F)c2)C1)C1CCCN1. The molecule has 2 aliphatic heterocycles. The molecule has 2 unspecified atom stereocenters. The average molecular weight is 348 g/mol. The lowest BCUT2D eigenvalue weighted by molar-refractivity contribution is -0.123. The third kappa shape index (κ3) is 4.92. The number of piperidine rings is 1. The summed E-state index contributed by atoms with van der Waals surface area (Å²) in [4.78, 5) is 26.2. The van der Waals surface area contributed by atoms with Gasteiger partial charge in [0.25, 0.3) is 0 Å². The van der Waals surface area contributed by atoms with Crippen molar-refractivity contribution in [1.82, 2.24) is 15.5 Å². The van der Waals surface area contributed by atoms with Crippen LogP contribution in [0.25, 0.3) is 0 Å². The molecule has 2 atom stereocenters. The maximum absolute atomic E-state index is 13.2. The minimum Gasteiger partial charge on any atom is -0.354 e. The zero-order chi connectivity index (χ0) is 17.6. The second-order valence-electron chi connectivity index (χ2n) is 6.79. The molecule has 2 fully saturated rings. The van der Waals surface area contributed by atoms with Crippen molar-refractivity contribution < 1.29 is 14.0 Å². The number of amides is 3. The monoisotopic (exact) mass is 348 g/mol. The van der Waals surface area contributed by atoms with Crippen molar-refractivity contribution >= 4 is 17.6 Å². The van der Waals surface area contributed by atoms with Gasteiger partial charge in [0.05, 0.1) is 6.04 Å². The summed E-state index contributed by atoms with van der Waals surface area (Å²) in [6.07, 6.45) is 3.81. The zero-order valence-electron chi connectivity index (χ0n) is 14.3. The average Bonchev–Trinajstić information content (AvgIpc) is 3.15. The molecule has 1 aromatic carbocycles. The van der Waals surface area contributed by atoms with Gasteiger partial charge in [-0.05, 0) is 56.3 Å². The molecule has 1 aromatic rings. The summed E-state index contributed by atoms with van der Waals surface area (Å²) in [5, 5.41) is 8.92. The van der Waals surface area contributed by atoms with Gasteiger partial charge in [0.2, 0.25) is 5.91 Å². The summed E-state index contributed by atoms with van der Waals surface area (Å²) in [5.41, 5.74) is 0.452. The highest BCUT2D eigenvalue weighted by Gasteiger charge is 2.26. The zero-order valence-corrected chi connectivity index (χ0v) is 14.3. The second-order valence-corrected chi connectivity index (χ2v) is 6.79. The Labute approximate surface area is 147 Å². The van der Waals surface area contributed by atoms with Crippen LogP contribution in [0.3, 0.4) is 0 Å². The first kappa shape index (κ1) is 17.7. The molecule has 0 radical (unpaired) electrons. The molecule has 7 heteroatoms. The molecule has 3 N–H and O–H groups in total. The van der Waals surface area contributed by atoms with E-state index in [9.17, 15) is 14.0 Å². The summed E-state index contributed by atoms with van der Waals surface area (Å²) >= 11 is 0. The van der Waals surface area contributed by atoms with Crippen LogP contribution in [-0.2, 0) is 4.79 Å². The Kier molecular flexibility index (Phi) is 5.86. The number of carbonyl (C=O) groups is 2. The third-order valence-corrected chi connectivity index (χ3v) is 4.82. The minimum absolute atomic E-state index is 0.0545. The van der Waals surface area contributed by atoms with Crippen molar-refractivity contribution in [2.45, 2.75) is 31.7 Å². The highest BCUT2D eigenvalue weighted by molar-refractivity contribution is 5.89. The number of halogens is 1. The number of hydrogen-bond acceptors (Lipinski definition) is 3. The third-order valence-electron chi connectivity index (χ3n) is 4.82. The first-order chi connectivity index (χ1) is 12.1. The van der Waals surface area contributed by atoms with Crippen molar-refractivity contribution in [3.63, 3.8) is 0 Å². The summed E-state index contributed by atoms with van der Waals surface area (Å²) in [7, 11) is 0. The van der Waals surface area contributed by atoms with Crippen molar-refractivity contribution in [1.29, 1.82) is 0 Å². The van der Waals surface area contributed by atoms with E-state index in [4.69, 9.17) is 0 Å². The Morgan fingerprint density at radius 1 is 1.28 bits per heavy atom. The Bertz CT molecular complexity index is 619. The molecule has 6 nitrogen and oxygen atoms in total. The van der Waals surface area contributed by atoms with Gasteiger partial charge in [-0.3, -0.25) is 4.79 Å². The molecule has 3 amide bonds. The number of likely N-dealkylation sites (tertiary alicyclic amines) is 1. The molecule has 2 heterocycles. The molecule has 0 spiro atoms. The van der Waals surface area contributed by atoms with Crippen LogP contribution in [0.15, 0.2) is 24.3 Å². The Morgan fingerprint density at radius 2 is 2.16 bits per heavy atom. The van der Waals surface area contributed by atoms with E-state index in [-0.39, 0.29) is 29.7 Å². The van der Waals surface area contributed by atoms with E-state index in [1.54, 1.807) is 17.0 Å². The van der Waals surface area contributed by atoms with E-state index >= 15 is 0 Å². The minimum atomic E-state index is -0.377. The second kappa shape index (κ2) is 8.29. The number of hydrogen-bond donors (Lipinski definition) is 3. The molecule has 3 rings (SSSR count). The number of urea groups is 1. The summed E-state index contributed by atoms with van der Waals surface area (Å²) < 4.78 is 13.2. The van der Waals surface area contributed by atoms with E-state index in [1.165, 1.54) is 12.1 Å². The first-order valence-corrected chi connectivity index (χ1v) is 8.94. The highest BCUT2D eigenvalue weighted by atomic mass is 19.1. The molecule has 0 bridgehead atoms. The van der Waals surface area contributed by atoms with E-state index in [1.807, 2.05) is 0 Å². The Morgan fingerprint density at radius 3 is 2.92 bits per heavy atom. The fourth-order valence-corrected chi connectivity index (χ4v) is 3.46. The van der Waals surface area contributed by atoms with Gasteiger partial charge in [-0.25, -0.2) is 9.18 Å². The predicted molar refractivity (Wildman–Crippen MR) is 93.8 cm³/mol. The lowest BCUT2D eigenvalue weighted by Gasteiger charge is -2.33. The van der Waals surface area contributed by atoms with Crippen molar-refractivity contribution in [2.75, 3.05) is 31.5 Å². The van der Waals surface area contributed by atoms with Crippen molar-refractivity contribution in [3.8, 4) is 0 Å². The number of nitrogens with one attached hydrogen (secondary N) is 3. The van der Waals surface area contributed by atoms with Gasteiger partial charge < -0.3 is 20.9 Å². The van der Waals surface area contributed by atoms with Gasteiger partial charge in [-0.2, -0.15) is 0 Å². The van der Waals surface area contributed by atoms with Crippen LogP contribution >= 0.6 is 0 Å². The van der Waals surface area contributed by atoms with Crippen LogP contribution in [0.2, 0.25) is 0 Å². The standard InChI is InChI=1S/C18H25FN4O2/c19-14-5-1-6-15(10-14)22-18(25)23-9-3-4-13(12-23)11-21-17(24)16-7-2-8-20-16/h1,5-6,10,13,16,20H,2-4,7-9,11-12H2,(H,21,24)(H,22,25). The molecule has 136 valence electrons. The molecule has 0 aromatic heterocycles. The molecular formula is C18H25FN4O2. The summed E-state index contributed by atoms with van der Waals surface area (Å²) in [6.45, 7) is 2.76. The van der Waals surface area contributed by atoms with Gasteiger partial charge in [-0.15, -0.1) is 0 Å². The topological polar surface area (TPSA) is 73.5 Å². The van der Waals surface area contributed by atoms with Crippen LogP contribution in [0, 0.1) is 11.7 Å². The van der Waals surface area contributed by atoms with Crippen LogP contribution in [0.4, 0.5) is 14.9 Å². The fraction of sp³-hybridized carbons (Fsp3) is 0.556. The normalized spacial score (nSPS) is 23.3. The van der Waals surface area contributed by atoms with Crippen molar-refractivity contribution in [2.24, 2.45) is 5.92 Å². The number of nitrogens with zero attached hydrogens (tertiary/aromatic N) is 1. The van der Waals surface area contributed by atoms with Gasteiger partial charge in [0, 0.05) is 25.3 Å². The van der Waals surface area contributed by atoms with Crippen LogP contribution in [-0.4, -0.2) is 49.1 Å². The lowest BCUT2D eigenvalue weighted by Crippen LogP contribution is -2.47. The van der Waals surface area contributed by atoms with E-state index in [2.05, 4.69) is 16.0 Å². The summed E-state index contributed by atoms with van der Waals surface area (Å²) in [5.74, 6) is -0.0752. The van der Waals surface area contributed by atoms with Gasteiger partial charge in [-0.1, -0.05) is 6.07 Å². The van der Waals surface area contributed by atoms with Gasteiger partial charge >= 0.3 is 6.03 Å². The lowest BCUT2D eigenvalue weighted by atomic mass is 9.98. The van der Waals surface area contributed by atoms with E-state index < -0.39 is 0 Å². The molecule has 2 saturated heterocycles. The van der Waals surface area contributed by atoms with Gasteiger partial charge in [0.15, 0.2) is 0 Å². The first-order valence-electron chi connectivity index (χ1n) is 8.94. The largest absolute Gasteiger partial charge is 0.354 e. The van der Waals surface area contributed by atoms with Crippen LogP contribution < -0.4 is 16.0 Å². The molecular weight excluding hydrogens is 323 g/mol. The maximum atomic E-state index is 13.2. The number of rotatable bonds is 4.